The first-order valence-electron chi connectivity index (χ1n) is 10.3. The molecule has 0 unspecified atom stereocenters. The molecule has 32 heavy (non-hydrogen) atoms. The van der Waals surface area contributed by atoms with Gasteiger partial charge >= 0.3 is 0 Å². The fourth-order valence-corrected chi connectivity index (χ4v) is 3.69. The first-order valence-corrected chi connectivity index (χ1v) is 10.3. The Labute approximate surface area is 183 Å². The van der Waals surface area contributed by atoms with Crippen molar-refractivity contribution in [2.45, 2.75) is 19.5 Å². The second-order valence-electron chi connectivity index (χ2n) is 7.60. The molecule has 2 N–H and O–H groups in total. The molecule has 4 rings (SSSR count). The van der Waals surface area contributed by atoms with Crippen LogP contribution in [0.4, 0.5) is 4.39 Å². The van der Waals surface area contributed by atoms with Gasteiger partial charge in [-0.05, 0) is 29.7 Å². The van der Waals surface area contributed by atoms with E-state index < -0.39 is 23.0 Å². The molecule has 2 amide bonds. The van der Waals surface area contributed by atoms with Crippen molar-refractivity contribution in [3.8, 4) is 5.75 Å². The number of aromatic nitrogens is 1. The smallest absolute Gasteiger partial charge is 0.274 e. The summed E-state index contributed by atoms with van der Waals surface area (Å²) in [6.07, 6.45) is 1.96. The van der Waals surface area contributed by atoms with Gasteiger partial charge in [0.25, 0.3) is 11.8 Å². The van der Waals surface area contributed by atoms with Crippen LogP contribution in [0.5, 0.6) is 5.75 Å². The highest BCUT2D eigenvalue weighted by Gasteiger charge is 2.30. The van der Waals surface area contributed by atoms with Gasteiger partial charge in [-0.1, -0.05) is 42.5 Å². The Kier molecular flexibility index (Phi) is 6.02. The van der Waals surface area contributed by atoms with Gasteiger partial charge in [0.05, 0.1) is 0 Å². The molecule has 164 valence electrons. The maximum Gasteiger partial charge on any atom is 0.274 e. The molecule has 3 aromatic rings. The van der Waals surface area contributed by atoms with E-state index in [4.69, 9.17) is 0 Å². The van der Waals surface area contributed by atoms with Crippen molar-refractivity contribution in [2.75, 3.05) is 13.1 Å². The van der Waals surface area contributed by atoms with Gasteiger partial charge in [-0.3, -0.25) is 14.4 Å². The number of carbonyl (C=O) groups excluding carboxylic acids is 2. The average Bonchev–Trinajstić information content (AvgIpc) is 2.81. The number of carbonyl (C=O) groups is 2. The molecule has 2 aromatic carbocycles. The Balaban J connectivity index is 1.49. The molecule has 0 bridgehead atoms. The summed E-state index contributed by atoms with van der Waals surface area (Å²) in [5.74, 6) is -2.24. The summed E-state index contributed by atoms with van der Waals surface area (Å²) in [5, 5.41) is 13.0. The third kappa shape index (κ3) is 4.39. The van der Waals surface area contributed by atoms with E-state index in [0.717, 1.165) is 5.56 Å². The lowest BCUT2D eigenvalue weighted by atomic mass is 10.1. The maximum atomic E-state index is 13.0. The molecule has 0 fully saturated rings. The largest absolute Gasteiger partial charge is 0.503 e. The molecule has 7 nitrogen and oxygen atoms in total. The zero-order valence-corrected chi connectivity index (χ0v) is 17.3. The van der Waals surface area contributed by atoms with E-state index in [2.05, 4.69) is 5.32 Å². The number of aromatic hydroxyl groups is 1. The number of rotatable bonds is 6. The van der Waals surface area contributed by atoms with Crippen LogP contribution in [0, 0.1) is 5.82 Å². The van der Waals surface area contributed by atoms with E-state index >= 15 is 0 Å². The van der Waals surface area contributed by atoms with E-state index in [0.29, 0.717) is 31.6 Å². The van der Waals surface area contributed by atoms with Gasteiger partial charge in [0.2, 0.25) is 5.43 Å². The predicted molar refractivity (Wildman–Crippen MR) is 116 cm³/mol. The van der Waals surface area contributed by atoms with Crippen LogP contribution in [0.25, 0.3) is 0 Å². The molecule has 0 aliphatic carbocycles. The van der Waals surface area contributed by atoms with Gasteiger partial charge < -0.3 is 19.9 Å². The van der Waals surface area contributed by atoms with E-state index in [-0.39, 0.29) is 23.6 Å². The minimum atomic E-state index is -0.897. The number of benzene rings is 2. The lowest BCUT2D eigenvalue weighted by Gasteiger charge is -2.30. The third-order valence-electron chi connectivity index (χ3n) is 5.48. The van der Waals surface area contributed by atoms with Crippen LogP contribution >= 0.6 is 0 Å². The quantitative estimate of drug-likeness (QED) is 0.622. The standard InChI is InChI=1S/C24H22FN3O4/c25-18-8-6-17(7-9-18)14-26-23(31)19-15-28-13-12-27(11-10-16-4-2-1-3-5-16)24(32)20(28)22(30)21(19)29/h1-9,15,30H,10-14H2,(H,26,31). The Bertz CT molecular complexity index is 1210. The Morgan fingerprint density at radius 3 is 2.44 bits per heavy atom. The Morgan fingerprint density at radius 2 is 1.72 bits per heavy atom. The van der Waals surface area contributed by atoms with Crippen molar-refractivity contribution in [3.63, 3.8) is 0 Å². The van der Waals surface area contributed by atoms with Gasteiger partial charge in [0.15, 0.2) is 11.4 Å². The highest BCUT2D eigenvalue weighted by Crippen LogP contribution is 2.21. The molecule has 0 atom stereocenters. The molecular weight excluding hydrogens is 413 g/mol. The van der Waals surface area contributed by atoms with Crippen molar-refractivity contribution in [1.82, 2.24) is 14.8 Å². The third-order valence-corrected chi connectivity index (χ3v) is 5.48. The normalized spacial score (nSPS) is 13.0. The highest BCUT2D eigenvalue weighted by atomic mass is 19.1. The molecule has 0 saturated heterocycles. The first-order chi connectivity index (χ1) is 15.4. The minimum absolute atomic E-state index is 0.0905. The maximum absolute atomic E-state index is 13.0. The summed E-state index contributed by atoms with van der Waals surface area (Å²) in [4.78, 5) is 39.7. The number of hydrogen-bond acceptors (Lipinski definition) is 4. The zero-order chi connectivity index (χ0) is 22.7. The monoisotopic (exact) mass is 435 g/mol. The molecule has 0 spiro atoms. The van der Waals surface area contributed by atoms with Crippen molar-refractivity contribution in [1.29, 1.82) is 0 Å². The summed E-state index contributed by atoms with van der Waals surface area (Å²) in [6, 6.07) is 15.3. The molecular formula is C24H22FN3O4. The lowest BCUT2D eigenvalue weighted by Crippen LogP contribution is -2.43. The van der Waals surface area contributed by atoms with E-state index in [1.54, 1.807) is 4.90 Å². The zero-order valence-electron chi connectivity index (χ0n) is 17.3. The van der Waals surface area contributed by atoms with Gasteiger partial charge in [-0.25, -0.2) is 4.39 Å². The van der Waals surface area contributed by atoms with Crippen LogP contribution in [0.3, 0.4) is 0 Å². The number of fused-ring (bicyclic) bond motifs is 1. The van der Waals surface area contributed by atoms with Gasteiger partial charge in [-0.2, -0.15) is 0 Å². The summed E-state index contributed by atoms with van der Waals surface area (Å²) >= 11 is 0. The topological polar surface area (TPSA) is 91.6 Å². The summed E-state index contributed by atoms with van der Waals surface area (Å²) in [7, 11) is 0. The number of hydrogen-bond donors (Lipinski definition) is 2. The van der Waals surface area contributed by atoms with Crippen molar-refractivity contribution < 1.29 is 19.1 Å². The first kappa shape index (κ1) is 21.3. The molecule has 0 radical (unpaired) electrons. The molecule has 1 aliphatic rings. The number of pyridine rings is 1. The number of nitrogens with zero attached hydrogens (tertiary/aromatic N) is 2. The SMILES string of the molecule is O=C(NCc1ccc(F)cc1)c1cn2c(c(O)c1=O)C(=O)N(CCc1ccccc1)CC2. The average molecular weight is 435 g/mol. The Hall–Kier alpha value is -3.94. The number of nitrogens with one attached hydrogen (secondary N) is 1. The number of amides is 2. The second kappa shape index (κ2) is 9.05. The Morgan fingerprint density at radius 1 is 1.00 bits per heavy atom. The van der Waals surface area contributed by atoms with E-state index in [1.807, 2.05) is 30.3 Å². The van der Waals surface area contributed by atoms with Crippen LogP contribution in [0.15, 0.2) is 65.6 Å². The predicted octanol–water partition coefficient (Wildman–Crippen LogP) is 2.32. The van der Waals surface area contributed by atoms with Crippen molar-refractivity contribution in [2.24, 2.45) is 0 Å². The molecule has 1 aromatic heterocycles. The van der Waals surface area contributed by atoms with Crippen LogP contribution < -0.4 is 10.7 Å². The summed E-state index contributed by atoms with van der Waals surface area (Å²) < 4.78 is 14.5. The fraction of sp³-hybridized carbons (Fsp3) is 0.208. The molecule has 1 aliphatic heterocycles. The van der Waals surface area contributed by atoms with Crippen LogP contribution in [0.2, 0.25) is 0 Å². The van der Waals surface area contributed by atoms with E-state index in [1.165, 1.54) is 35.0 Å². The van der Waals surface area contributed by atoms with Crippen LogP contribution in [0.1, 0.15) is 32.0 Å². The second-order valence-corrected chi connectivity index (χ2v) is 7.60. The molecule has 0 saturated carbocycles. The van der Waals surface area contributed by atoms with Crippen LogP contribution in [-0.4, -0.2) is 39.5 Å². The van der Waals surface area contributed by atoms with E-state index in [9.17, 15) is 23.9 Å². The molecule has 2 heterocycles. The van der Waals surface area contributed by atoms with Gasteiger partial charge in [0.1, 0.15) is 11.4 Å². The van der Waals surface area contributed by atoms with Crippen LogP contribution in [-0.2, 0) is 19.5 Å². The van der Waals surface area contributed by atoms with Crippen molar-refractivity contribution in [3.05, 3.63) is 99.2 Å². The van der Waals surface area contributed by atoms with Gasteiger partial charge in [-0.15, -0.1) is 0 Å². The molecule has 8 heteroatoms. The van der Waals surface area contributed by atoms with Gasteiger partial charge in [0, 0.05) is 32.4 Å². The lowest BCUT2D eigenvalue weighted by molar-refractivity contribution is 0.0697. The highest BCUT2D eigenvalue weighted by molar-refractivity contribution is 5.99. The fourth-order valence-electron chi connectivity index (χ4n) is 3.69. The number of halogens is 1. The minimum Gasteiger partial charge on any atom is -0.503 e. The van der Waals surface area contributed by atoms with Crippen molar-refractivity contribution >= 4 is 11.8 Å². The summed E-state index contributed by atoms with van der Waals surface area (Å²) in [5.41, 5.74) is 0.487. The summed E-state index contributed by atoms with van der Waals surface area (Å²) in [6.45, 7) is 1.29.